The van der Waals surface area contributed by atoms with Crippen LogP contribution >= 0.6 is 11.3 Å². The lowest BCUT2D eigenvalue weighted by atomic mass is 9.97. The van der Waals surface area contributed by atoms with Crippen LogP contribution in [0.2, 0.25) is 0 Å². The normalized spacial score (nSPS) is 13.4. The first kappa shape index (κ1) is 22.3. The Hall–Kier alpha value is -4.15. The van der Waals surface area contributed by atoms with Gasteiger partial charge in [-0.05, 0) is 74.1 Å². The maximum absolute atomic E-state index is 12.8. The number of aryl methyl sites for hydroxylation is 2. The monoisotopic (exact) mass is 492 g/mol. The smallest absolute Gasteiger partial charge is 0.307 e. The van der Waals surface area contributed by atoms with Crippen LogP contribution in [0.3, 0.4) is 0 Å². The first-order valence-corrected chi connectivity index (χ1v) is 12.9. The van der Waals surface area contributed by atoms with E-state index < -0.39 is 5.91 Å². The molecule has 7 heteroatoms. The van der Waals surface area contributed by atoms with Gasteiger partial charge in [-0.15, -0.1) is 11.3 Å². The van der Waals surface area contributed by atoms with Gasteiger partial charge < -0.3 is 8.98 Å². The van der Waals surface area contributed by atoms with Gasteiger partial charge in [-0.2, -0.15) is 10.4 Å². The van der Waals surface area contributed by atoms with Crippen LogP contribution in [-0.2, 0) is 12.8 Å². The SMILES string of the molecule is Cc1cc(C=NNC(=O)c2cc3c(ccc4ccccc43)o2)c(C)n1-c1c(C#N)sc2c1CCCC2. The summed E-state index contributed by atoms with van der Waals surface area (Å²) in [6, 6.07) is 18.1. The summed E-state index contributed by atoms with van der Waals surface area (Å²) in [7, 11) is 0. The summed E-state index contributed by atoms with van der Waals surface area (Å²) in [5, 5.41) is 17.1. The van der Waals surface area contributed by atoms with Gasteiger partial charge in [-0.1, -0.05) is 30.3 Å². The molecule has 1 amide bonds. The van der Waals surface area contributed by atoms with Gasteiger partial charge in [-0.25, -0.2) is 5.43 Å². The molecule has 0 aliphatic heterocycles. The Balaban J connectivity index is 1.27. The lowest BCUT2D eigenvalue weighted by molar-refractivity contribution is 0.0929. The fourth-order valence-electron chi connectivity index (χ4n) is 5.24. The average Bonchev–Trinajstić information content (AvgIpc) is 3.57. The van der Waals surface area contributed by atoms with Crippen LogP contribution in [0.1, 0.15) is 55.7 Å². The highest BCUT2D eigenvalue weighted by atomic mass is 32.1. The van der Waals surface area contributed by atoms with Crippen LogP contribution in [0.25, 0.3) is 27.4 Å². The van der Waals surface area contributed by atoms with Crippen LogP contribution in [-0.4, -0.2) is 16.7 Å². The third kappa shape index (κ3) is 3.62. The number of hydrazone groups is 1. The molecule has 36 heavy (non-hydrogen) atoms. The molecule has 1 aliphatic carbocycles. The van der Waals surface area contributed by atoms with Gasteiger partial charge in [0.15, 0.2) is 5.76 Å². The second-order valence-corrected chi connectivity index (χ2v) is 10.3. The summed E-state index contributed by atoms with van der Waals surface area (Å²) in [5.41, 5.74) is 8.50. The number of fused-ring (bicyclic) bond motifs is 4. The van der Waals surface area contributed by atoms with E-state index in [1.54, 1.807) is 23.6 Å². The molecule has 1 aliphatic rings. The Morgan fingerprint density at radius 2 is 1.97 bits per heavy atom. The van der Waals surface area contributed by atoms with Crippen LogP contribution in [0.4, 0.5) is 0 Å². The molecular formula is C29H24N4O2S. The van der Waals surface area contributed by atoms with Crippen molar-refractivity contribution in [2.75, 3.05) is 0 Å². The van der Waals surface area contributed by atoms with Crippen molar-refractivity contribution in [3.63, 3.8) is 0 Å². The molecule has 0 atom stereocenters. The quantitative estimate of drug-likeness (QED) is 0.227. The van der Waals surface area contributed by atoms with Gasteiger partial charge in [-0.3, -0.25) is 4.79 Å². The molecule has 2 aromatic carbocycles. The molecule has 0 radical (unpaired) electrons. The van der Waals surface area contributed by atoms with Gasteiger partial charge in [0.2, 0.25) is 0 Å². The topological polar surface area (TPSA) is 83.3 Å². The van der Waals surface area contributed by atoms with Crippen molar-refractivity contribution in [1.82, 2.24) is 9.99 Å². The fraction of sp³-hybridized carbons (Fsp3) is 0.207. The minimum Gasteiger partial charge on any atom is -0.451 e. The highest BCUT2D eigenvalue weighted by molar-refractivity contribution is 7.13. The maximum Gasteiger partial charge on any atom is 0.307 e. The number of carbonyl (C=O) groups excluding carboxylic acids is 1. The number of nitrogens with one attached hydrogen (secondary N) is 1. The molecule has 5 aromatic rings. The van der Waals surface area contributed by atoms with Gasteiger partial charge in [0.05, 0.1) is 11.9 Å². The number of benzene rings is 2. The van der Waals surface area contributed by atoms with Crippen molar-refractivity contribution in [3.05, 3.63) is 86.6 Å². The molecule has 6 nitrogen and oxygen atoms in total. The second-order valence-electron chi connectivity index (χ2n) is 9.17. The molecule has 1 N–H and O–H groups in total. The zero-order valence-electron chi connectivity index (χ0n) is 20.1. The van der Waals surface area contributed by atoms with E-state index in [1.165, 1.54) is 16.9 Å². The minimum atomic E-state index is -0.404. The fourth-order valence-corrected chi connectivity index (χ4v) is 6.42. The van der Waals surface area contributed by atoms with E-state index in [4.69, 9.17) is 4.42 Å². The van der Waals surface area contributed by atoms with Crippen molar-refractivity contribution in [2.24, 2.45) is 5.10 Å². The molecule has 0 saturated heterocycles. The number of nitriles is 1. The second kappa shape index (κ2) is 8.81. The molecule has 0 saturated carbocycles. The summed E-state index contributed by atoms with van der Waals surface area (Å²) in [5.74, 6) is -0.188. The van der Waals surface area contributed by atoms with Crippen LogP contribution in [0, 0.1) is 25.2 Å². The van der Waals surface area contributed by atoms with Crippen LogP contribution < -0.4 is 5.43 Å². The molecule has 0 fully saturated rings. The van der Waals surface area contributed by atoms with Crippen LogP contribution in [0.5, 0.6) is 0 Å². The first-order valence-electron chi connectivity index (χ1n) is 12.0. The van der Waals surface area contributed by atoms with Crippen molar-refractivity contribution in [1.29, 1.82) is 5.26 Å². The van der Waals surface area contributed by atoms with E-state index in [1.807, 2.05) is 56.3 Å². The number of amides is 1. The summed E-state index contributed by atoms with van der Waals surface area (Å²) in [4.78, 5) is 14.9. The van der Waals surface area contributed by atoms with Crippen LogP contribution in [0.15, 0.2) is 58.0 Å². The van der Waals surface area contributed by atoms with E-state index in [-0.39, 0.29) is 5.76 Å². The molecular weight excluding hydrogens is 468 g/mol. The van der Waals surface area contributed by atoms with E-state index >= 15 is 0 Å². The predicted octanol–water partition coefficient (Wildman–Crippen LogP) is 6.57. The number of carbonyl (C=O) groups is 1. The Kier molecular flexibility index (Phi) is 5.46. The van der Waals surface area contributed by atoms with E-state index in [0.29, 0.717) is 5.58 Å². The molecule has 3 aromatic heterocycles. The Labute approximate surface area is 212 Å². The molecule has 6 rings (SSSR count). The number of nitrogens with zero attached hydrogens (tertiary/aromatic N) is 3. The van der Waals surface area contributed by atoms with Crippen molar-refractivity contribution in [3.8, 4) is 11.8 Å². The number of rotatable bonds is 4. The summed E-state index contributed by atoms with van der Waals surface area (Å²) in [6.45, 7) is 4.06. The third-order valence-electron chi connectivity index (χ3n) is 6.96. The predicted molar refractivity (Wildman–Crippen MR) is 143 cm³/mol. The Bertz CT molecular complexity index is 1730. The van der Waals surface area contributed by atoms with Gasteiger partial charge >= 0.3 is 5.91 Å². The van der Waals surface area contributed by atoms with E-state index in [9.17, 15) is 10.1 Å². The van der Waals surface area contributed by atoms with E-state index in [2.05, 4.69) is 21.2 Å². The average molecular weight is 493 g/mol. The lowest BCUT2D eigenvalue weighted by Gasteiger charge is -2.16. The number of furan rings is 1. The standard InChI is InChI=1S/C29H24N4O2S/c1-17-13-20(18(2)33(17)28-22-9-5-6-10-26(22)36-27(28)15-30)16-31-32-29(34)25-14-23-21-8-4-3-7-19(21)11-12-24(23)35-25/h3-4,7-8,11-14,16H,5-6,9-10H2,1-2H3,(H,32,34). The number of aromatic nitrogens is 1. The van der Waals surface area contributed by atoms with Gasteiger partial charge in [0.1, 0.15) is 16.5 Å². The zero-order valence-corrected chi connectivity index (χ0v) is 20.9. The maximum atomic E-state index is 12.8. The Morgan fingerprint density at radius 3 is 2.83 bits per heavy atom. The summed E-state index contributed by atoms with van der Waals surface area (Å²) in [6.07, 6.45) is 6.04. The first-order chi connectivity index (χ1) is 17.5. The van der Waals surface area contributed by atoms with Crippen molar-refractivity contribution >= 4 is 45.2 Å². The molecule has 0 spiro atoms. The highest BCUT2D eigenvalue weighted by Gasteiger charge is 2.24. The minimum absolute atomic E-state index is 0.215. The summed E-state index contributed by atoms with van der Waals surface area (Å²) < 4.78 is 7.95. The third-order valence-corrected chi connectivity index (χ3v) is 8.14. The highest BCUT2D eigenvalue weighted by Crippen LogP contribution is 2.38. The van der Waals surface area contributed by atoms with Crippen molar-refractivity contribution in [2.45, 2.75) is 39.5 Å². The molecule has 0 unspecified atom stereocenters. The van der Waals surface area contributed by atoms with Crippen molar-refractivity contribution < 1.29 is 9.21 Å². The van der Waals surface area contributed by atoms with Gasteiger partial charge in [0, 0.05) is 27.2 Å². The van der Waals surface area contributed by atoms with Gasteiger partial charge in [0.25, 0.3) is 0 Å². The Morgan fingerprint density at radius 1 is 1.14 bits per heavy atom. The number of hydrogen-bond acceptors (Lipinski definition) is 5. The van der Waals surface area contributed by atoms with E-state index in [0.717, 1.165) is 62.9 Å². The molecule has 3 heterocycles. The number of hydrogen-bond donors (Lipinski definition) is 1. The molecule has 0 bridgehead atoms. The summed E-state index contributed by atoms with van der Waals surface area (Å²) >= 11 is 1.62. The number of thiophene rings is 1. The zero-order chi connectivity index (χ0) is 24.8. The lowest BCUT2D eigenvalue weighted by Crippen LogP contribution is -2.16. The largest absolute Gasteiger partial charge is 0.451 e. The molecule has 178 valence electrons.